The van der Waals surface area contributed by atoms with Crippen molar-refractivity contribution in [3.05, 3.63) is 65.7 Å². The van der Waals surface area contributed by atoms with Gasteiger partial charge in [0.05, 0.1) is 36.0 Å². The predicted molar refractivity (Wildman–Crippen MR) is 178 cm³/mol. The standard InChI is InChI=1S/C38H48N2O9/c1-40-19-35(20-44-2)16-15-25(45-3)38-24-17-36(43)26(46-4)18-37(28(31(38)40)29(47-5)30(35)38,49-34(42)22-11-13-23(39)14-12-22)27(24)32(36)48-33(41)21-9-7-6-8-10-21/h6-14,24-32,43H,15-20,39H2,1-5H3/t24-,25+,26+,27-,28+,29+,30-,31?,32-,35+,36+,37-,38+/m1/s1. The Labute approximate surface area is 287 Å². The molecule has 0 amide bonds. The van der Waals surface area contributed by atoms with Gasteiger partial charge in [-0.25, -0.2) is 9.59 Å². The first kappa shape index (κ1) is 33.1. The molecule has 11 nitrogen and oxygen atoms in total. The lowest BCUT2D eigenvalue weighted by molar-refractivity contribution is -0.280. The predicted octanol–water partition coefficient (Wildman–Crippen LogP) is 3.19. The molecular weight excluding hydrogens is 628 g/mol. The van der Waals surface area contributed by atoms with Gasteiger partial charge in [-0.15, -0.1) is 0 Å². The number of fused-ring (bicyclic) bond motifs is 2. The number of anilines is 1. The maximum Gasteiger partial charge on any atom is 0.338 e. The van der Waals surface area contributed by atoms with Crippen molar-refractivity contribution in [3.8, 4) is 0 Å². The lowest BCUT2D eigenvalue weighted by atomic mass is 9.43. The Bertz CT molecular complexity index is 1610. The Morgan fingerprint density at radius 1 is 0.898 bits per heavy atom. The molecule has 1 heterocycles. The first-order valence-electron chi connectivity index (χ1n) is 17.4. The number of piperidine rings is 1. The van der Waals surface area contributed by atoms with Gasteiger partial charge >= 0.3 is 11.9 Å². The quantitative estimate of drug-likeness (QED) is 0.299. The molecule has 7 bridgehead atoms. The molecule has 3 N–H and O–H groups in total. The van der Waals surface area contributed by atoms with E-state index in [0.29, 0.717) is 23.4 Å². The maximum atomic E-state index is 14.4. The molecule has 6 fully saturated rings. The van der Waals surface area contributed by atoms with Crippen LogP contribution in [0.4, 0.5) is 5.69 Å². The summed E-state index contributed by atoms with van der Waals surface area (Å²) in [4.78, 5) is 30.7. The van der Waals surface area contributed by atoms with E-state index in [2.05, 4.69) is 11.9 Å². The van der Waals surface area contributed by atoms with E-state index in [4.69, 9.17) is 34.2 Å². The zero-order chi connectivity index (χ0) is 34.5. The highest BCUT2D eigenvalue weighted by Gasteiger charge is 2.89. The summed E-state index contributed by atoms with van der Waals surface area (Å²) in [6, 6.07) is 15.4. The molecule has 6 aliphatic rings. The van der Waals surface area contributed by atoms with Crippen LogP contribution in [0.3, 0.4) is 0 Å². The van der Waals surface area contributed by atoms with E-state index in [1.165, 1.54) is 0 Å². The number of nitrogens with zero attached hydrogens (tertiary/aromatic N) is 1. The average Bonchev–Trinajstić information content (AvgIpc) is 3.49. The van der Waals surface area contributed by atoms with Gasteiger partial charge in [-0.3, -0.25) is 0 Å². The molecule has 13 atom stereocenters. The highest BCUT2D eigenvalue weighted by molar-refractivity contribution is 5.90. The van der Waals surface area contributed by atoms with E-state index < -0.39 is 46.7 Å². The van der Waals surface area contributed by atoms with Crippen LogP contribution in [0, 0.1) is 34.5 Å². The molecule has 11 heteroatoms. The molecule has 1 saturated heterocycles. The van der Waals surface area contributed by atoms with E-state index in [-0.39, 0.29) is 54.3 Å². The topological polar surface area (TPSA) is 139 Å². The number of esters is 2. The van der Waals surface area contributed by atoms with E-state index >= 15 is 0 Å². The van der Waals surface area contributed by atoms with Crippen LogP contribution in [-0.2, 0) is 28.4 Å². The van der Waals surface area contributed by atoms with Crippen molar-refractivity contribution in [2.45, 2.75) is 67.3 Å². The monoisotopic (exact) mass is 676 g/mol. The fourth-order valence-electron chi connectivity index (χ4n) is 12.7. The third-order valence-electron chi connectivity index (χ3n) is 13.8. The summed E-state index contributed by atoms with van der Waals surface area (Å²) < 4.78 is 38.8. The summed E-state index contributed by atoms with van der Waals surface area (Å²) in [5.41, 5.74) is 3.67. The van der Waals surface area contributed by atoms with Crippen LogP contribution in [0.15, 0.2) is 54.6 Å². The van der Waals surface area contributed by atoms with Crippen molar-refractivity contribution in [3.63, 3.8) is 0 Å². The molecule has 1 aliphatic heterocycles. The number of benzene rings is 2. The summed E-state index contributed by atoms with van der Waals surface area (Å²) in [7, 11) is 8.99. The van der Waals surface area contributed by atoms with Gasteiger partial charge in [0.15, 0.2) is 0 Å². The van der Waals surface area contributed by atoms with Crippen molar-refractivity contribution < 1.29 is 43.1 Å². The minimum absolute atomic E-state index is 0.0358. The van der Waals surface area contributed by atoms with Crippen molar-refractivity contribution in [2.24, 2.45) is 34.5 Å². The summed E-state index contributed by atoms with van der Waals surface area (Å²) in [5.74, 6) is -2.30. The van der Waals surface area contributed by atoms with E-state index in [1.807, 2.05) is 6.07 Å². The zero-order valence-corrected chi connectivity index (χ0v) is 28.9. The molecule has 5 aliphatic carbocycles. The van der Waals surface area contributed by atoms with Gasteiger partial charge in [-0.1, -0.05) is 18.2 Å². The maximum absolute atomic E-state index is 14.4. The van der Waals surface area contributed by atoms with Gasteiger partial charge in [0.2, 0.25) is 0 Å². The minimum atomic E-state index is -1.54. The Kier molecular flexibility index (Phi) is 7.76. The SMILES string of the molecule is COC[C@@]12CC[C@H](OC)[C@]34C([C@H]([C@H](OC)[C@H]13)[C@@]1(OC(=O)c3ccc(N)cc3)C[C@H](OC)[C@@]3(O)C[C@@H]4[C@@H]1[C@H]3OC(=O)c1ccccc1)N(C)C2. The first-order valence-corrected chi connectivity index (χ1v) is 17.4. The van der Waals surface area contributed by atoms with Crippen LogP contribution in [0.2, 0.25) is 0 Å². The van der Waals surface area contributed by atoms with Gasteiger partial charge in [0.25, 0.3) is 0 Å². The number of aliphatic hydroxyl groups is 1. The second kappa shape index (κ2) is 11.5. The van der Waals surface area contributed by atoms with Gasteiger partial charge in [-0.2, -0.15) is 0 Å². The van der Waals surface area contributed by atoms with E-state index in [1.54, 1.807) is 77.0 Å². The van der Waals surface area contributed by atoms with Gasteiger partial charge in [-0.05, 0) is 68.6 Å². The summed E-state index contributed by atoms with van der Waals surface area (Å²) in [6.07, 6.45) is -0.154. The molecule has 0 aromatic heterocycles. The fraction of sp³-hybridized carbons (Fsp3) is 0.632. The van der Waals surface area contributed by atoms with E-state index in [0.717, 1.165) is 19.4 Å². The summed E-state index contributed by atoms with van der Waals surface area (Å²) in [5, 5.41) is 12.9. The number of carbonyl (C=O) groups is 2. The molecule has 8 rings (SSSR count). The number of carbonyl (C=O) groups excluding carboxylic acids is 2. The number of hydrogen-bond acceptors (Lipinski definition) is 11. The van der Waals surface area contributed by atoms with Crippen molar-refractivity contribution in [1.82, 2.24) is 4.90 Å². The highest BCUT2D eigenvalue weighted by Crippen LogP contribution is 2.80. The number of nitrogen functional groups attached to an aromatic ring is 1. The molecule has 2 aromatic rings. The number of ether oxygens (including phenoxy) is 6. The Hall–Kier alpha value is -3.06. The number of hydrogen-bond donors (Lipinski definition) is 2. The average molecular weight is 677 g/mol. The van der Waals surface area contributed by atoms with Crippen LogP contribution < -0.4 is 5.73 Å². The molecular formula is C38H48N2O9. The number of likely N-dealkylation sites (tertiary alicyclic amines) is 1. The largest absolute Gasteiger partial charge is 0.455 e. The van der Waals surface area contributed by atoms with Crippen LogP contribution in [0.1, 0.15) is 46.4 Å². The third-order valence-corrected chi connectivity index (χ3v) is 13.8. The lowest BCUT2D eigenvalue weighted by Crippen LogP contribution is -2.77. The Morgan fingerprint density at radius 2 is 1.59 bits per heavy atom. The van der Waals surface area contributed by atoms with Gasteiger partial charge in [0, 0.05) is 81.7 Å². The third kappa shape index (κ3) is 4.17. The van der Waals surface area contributed by atoms with Gasteiger partial charge in [0.1, 0.15) is 17.3 Å². The van der Waals surface area contributed by atoms with Crippen LogP contribution >= 0.6 is 0 Å². The summed E-state index contributed by atoms with van der Waals surface area (Å²) >= 11 is 0. The molecule has 0 radical (unpaired) electrons. The van der Waals surface area contributed by atoms with Crippen LogP contribution in [-0.4, -0.2) is 112 Å². The van der Waals surface area contributed by atoms with E-state index in [9.17, 15) is 14.7 Å². The number of rotatable bonds is 9. The molecule has 1 spiro atoms. The van der Waals surface area contributed by atoms with Gasteiger partial charge < -0.3 is 44.2 Å². The first-order chi connectivity index (χ1) is 23.6. The van der Waals surface area contributed by atoms with Crippen LogP contribution in [0.25, 0.3) is 0 Å². The molecule has 49 heavy (non-hydrogen) atoms. The zero-order valence-electron chi connectivity index (χ0n) is 28.9. The lowest BCUT2D eigenvalue weighted by Gasteiger charge is -2.69. The number of methoxy groups -OCH3 is 4. The van der Waals surface area contributed by atoms with Crippen molar-refractivity contribution >= 4 is 17.6 Å². The molecule has 5 saturated carbocycles. The van der Waals surface area contributed by atoms with Crippen LogP contribution in [0.5, 0.6) is 0 Å². The van der Waals surface area contributed by atoms with Crippen molar-refractivity contribution in [1.29, 1.82) is 0 Å². The Balaban J connectivity index is 1.37. The second-order valence-electron chi connectivity index (χ2n) is 15.5. The minimum Gasteiger partial charge on any atom is -0.455 e. The molecule has 1 unspecified atom stereocenters. The number of nitrogens with two attached hydrogens (primary N) is 1. The fourth-order valence-corrected chi connectivity index (χ4v) is 12.7. The van der Waals surface area contributed by atoms with Crippen molar-refractivity contribution in [2.75, 3.05) is 54.4 Å². The second-order valence-corrected chi connectivity index (χ2v) is 15.5. The summed E-state index contributed by atoms with van der Waals surface area (Å²) in [6.45, 7) is 1.32. The molecule has 264 valence electrons. The molecule has 2 aromatic carbocycles. The Morgan fingerprint density at radius 3 is 2.24 bits per heavy atom. The smallest absolute Gasteiger partial charge is 0.338 e. The normalized spacial score (nSPS) is 44.4. The highest BCUT2D eigenvalue weighted by atomic mass is 16.6.